The van der Waals surface area contributed by atoms with Crippen molar-refractivity contribution in [3.8, 4) is 0 Å². The van der Waals surface area contributed by atoms with Crippen LogP contribution in [0.1, 0.15) is 5.56 Å². The Bertz CT molecular complexity index is 382. The number of rotatable bonds is 2. The van der Waals surface area contributed by atoms with Crippen LogP contribution in [0.25, 0.3) is 0 Å². The van der Waals surface area contributed by atoms with Crippen LogP contribution in [0.15, 0.2) is 12.1 Å². The molecule has 1 aliphatic heterocycles. The van der Waals surface area contributed by atoms with Gasteiger partial charge >= 0.3 is 0 Å². The van der Waals surface area contributed by atoms with E-state index in [0.717, 1.165) is 32.0 Å². The quantitative estimate of drug-likeness (QED) is 0.559. The lowest BCUT2D eigenvalue weighted by atomic mass is 10.2. The maximum atomic E-state index is 13.7. The number of alkyl halides is 1. The van der Waals surface area contributed by atoms with Gasteiger partial charge in [0.25, 0.3) is 0 Å². The highest BCUT2D eigenvalue weighted by atomic mass is 127. The van der Waals surface area contributed by atoms with Gasteiger partial charge in [-0.1, -0.05) is 15.9 Å². The van der Waals surface area contributed by atoms with Crippen molar-refractivity contribution in [1.29, 1.82) is 0 Å². The first-order valence-corrected chi connectivity index (χ1v) is 7.29. The van der Waals surface area contributed by atoms with Gasteiger partial charge in [-0.05, 0) is 34.7 Å². The third-order valence-corrected chi connectivity index (χ3v) is 4.00. The number of nitrogens with zero attached hydrogens (tertiary/aromatic N) is 1. The van der Waals surface area contributed by atoms with Gasteiger partial charge in [0.1, 0.15) is 5.82 Å². The minimum atomic E-state index is -0.116. The molecular formula is C11H12BrFINO. The van der Waals surface area contributed by atoms with E-state index in [9.17, 15) is 4.39 Å². The molecule has 0 aliphatic carbocycles. The van der Waals surface area contributed by atoms with E-state index in [1.165, 1.54) is 0 Å². The summed E-state index contributed by atoms with van der Waals surface area (Å²) in [5, 5.41) is 0.549. The topological polar surface area (TPSA) is 12.5 Å². The molecule has 1 aliphatic rings. The molecule has 0 unspecified atom stereocenters. The van der Waals surface area contributed by atoms with Crippen molar-refractivity contribution in [1.82, 2.24) is 0 Å². The number of benzene rings is 1. The Hall–Kier alpha value is 0.120. The smallest absolute Gasteiger partial charge is 0.140 e. The number of hydrogen-bond acceptors (Lipinski definition) is 2. The van der Waals surface area contributed by atoms with Crippen molar-refractivity contribution in [3.63, 3.8) is 0 Å². The van der Waals surface area contributed by atoms with E-state index in [2.05, 4.69) is 20.8 Å². The summed E-state index contributed by atoms with van der Waals surface area (Å²) in [7, 11) is 0. The predicted octanol–water partition coefficient (Wildman–Crippen LogP) is 3.16. The van der Waals surface area contributed by atoms with Gasteiger partial charge in [-0.15, -0.1) is 0 Å². The summed E-state index contributed by atoms with van der Waals surface area (Å²) in [6.07, 6.45) is 0. The van der Waals surface area contributed by atoms with Crippen molar-refractivity contribution in [3.05, 3.63) is 27.1 Å². The Morgan fingerprint density at radius 1 is 1.38 bits per heavy atom. The van der Waals surface area contributed by atoms with Crippen LogP contribution in [0.4, 0.5) is 10.1 Å². The molecule has 1 saturated heterocycles. The van der Waals surface area contributed by atoms with Crippen molar-refractivity contribution >= 4 is 44.2 Å². The molecule has 5 heteroatoms. The van der Waals surface area contributed by atoms with Gasteiger partial charge in [0.05, 0.1) is 16.8 Å². The first-order chi connectivity index (χ1) is 7.72. The lowest BCUT2D eigenvalue weighted by molar-refractivity contribution is 0.122. The summed E-state index contributed by atoms with van der Waals surface area (Å²) in [5.41, 5.74) is 1.80. The van der Waals surface area contributed by atoms with Crippen LogP contribution in [-0.4, -0.2) is 26.3 Å². The van der Waals surface area contributed by atoms with Crippen LogP contribution in [-0.2, 0) is 10.1 Å². The van der Waals surface area contributed by atoms with Gasteiger partial charge in [0, 0.05) is 29.7 Å². The van der Waals surface area contributed by atoms with Crippen LogP contribution in [0.2, 0.25) is 0 Å². The van der Waals surface area contributed by atoms with Crippen molar-refractivity contribution in [2.45, 2.75) is 5.33 Å². The monoisotopic (exact) mass is 399 g/mol. The lowest BCUT2D eigenvalue weighted by Gasteiger charge is -2.29. The summed E-state index contributed by atoms with van der Waals surface area (Å²) >= 11 is 5.36. The van der Waals surface area contributed by atoms with E-state index < -0.39 is 0 Å². The molecule has 2 rings (SSSR count). The maximum absolute atomic E-state index is 13.7. The molecule has 0 radical (unpaired) electrons. The highest BCUT2D eigenvalue weighted by Gasteiger charge is 2.15. The third kappa shape index (κ3) is 2.68. The summed E-state index contributed by atoms with van der Waals surface area (Å²) in [6.45, 7) is 3.25. The van der Waals surface area contributed by atoms with Crippen LogP contribution < -0.4 is 4.90 Å². The summed E-state index contributed by atoms with van der Waals surface area (Å²) in [4.78, 5) is 2.23. The molecule has 0 saturated carbocycles. The van der Waals surface area contributed by atoms with Gasteiger partial charge < -0.3 is 9.64 Å². The fraction of sp³-hybridized carbons (Fsp3) is 0.455. The van der Waals surface area contributed by atoms with E-state index in [0.29, 0.717) is 14.5 Å². The zero-order valence-electron chi connectivity index (χ0n) is 8.68. The first-order valence-electron chi connectivity index (χ1n) is 5.09. The Morgan fingerprint density at radius 2 is 2.06 bits per heavy atom. The number of anilines is 1. The molecule has 0 spiro atoms. The Kier molecular flexibility index (Phi) is 4.43. The SMILES string of the molecule is Fc1c(I)cc(N2CCOCC2)cc1CBr. The molecule has 0 atom stereocenters. The Balaban J connectivity index is 2.29. The van der Waals surface area contributed by atoms with Crippen molar-refractivity contribution < 1.29 is 9.13 Å². The van der Waals surface area contributed by atoms with E-state index >= 15 is 0 Å². The molecule has 1 aromatic rings. The van der Waals surface area contributed by atoms with Crippen molar-refractivity contribution in [2.75, 3.05) is 31.2 Å². The van der Waals surface area contributed by atoms with E-state index in [4.69, 9.17) is 4.74 Å². The van der Waals surface area contributed by atoms with E-state index in [-0.39, 0.29) is 5.82 Å². The molecule has 1 heterocycles. The maximum Gasteiger partial charge on any atom is 0.140 e. The normalized spacial score (nSPS) is 16.6. The van der Waals surface area contributed by atoms with E-state index in [1.807, 2.05) is 34.7 Å². The molecule has 1 fully saturated rings. The highest BCUT2D eigenvalue weighted by Crippen LogP contribution is 2.26. The fourth-order valence-corrected chi connectivity index (χ4v) is 2.80. The molecule has 0 N–H and O–H groups in total. The molecule has 0 bridgehead atoms. The number of halogens is 3. The largest absolute Gasteiger partial charge is 0.378 e. The lowest BCUT2D eigenvalue weighted by Crippen LogP contribution is -2.36. The van der Waals surface area contributed by atoms with Crippen LogP contribution in [0, 0.1) is 9.39 Å². The van der Waals surface area contributed by atoms with Gasteiger partial charge in [-0.25, -0.2) is 4.39 Å². The predicted molar refractivity (Wildman–Crippen MR) is 74.8 cm³/mol. The Labute approximate surface area is 116 Å². The summed E-state index contributed by atoms with van der Waals surface area (Å²) in [5.74, 6) is -0.116. The second-order valence-electron chi connectivity index (χ2n) is 3.63. The second-order valence-corrected chi connectivity index (χ2v) is 5.36. The second kappa shape index (κ2) is 5.64. The van der Waals surface area contributed by atoms with Crippen LogP contribution in [0.3, 0.4) is 0 Å². The van der Waals surface area contributed by atoms with Gasteiger partial charge in [0.2, 0.25) is 0 Å². The molecule has 0 amide bonds. The standard InChI is InChI=1S/C11H12BrFINO/c12-7-8-5-9(6-10(14)11(8)13)15-1-3-16-4-2-15/h5-6H,1-4,7H2. The average Bonchev–Trinajstić information content (AvgIpc) is 2.33. The molecule has 1 aromatic carbocycles. The Morgan fingerprint density at radius 3 is 2.69 bits per heavy atom. The number of hydrogen-bond donors (Lipinski definition) is 0. The van der Waals surface area contributed by atoms with Gasteiger partial charge in [-0.3, -0.25) is 0 Å². The molecule has 2 nitrogen and oxygen atoms in total. The van der Waals surface area contributed by atoms with E-state index in [1.54, 1.807) is 0 Å². The molecule has 88 valence electrons. The zero-order chi connectivity index (χ0) is 11.5. The molecular weight excluding hydrogens is 388 g/mol. The first kappa shape index (κ1) is 12.6. The van der Waals surface area contributed by atoms with Crippen molar-refractivity contribution in [2.24, 2.45) is 0 Å². The molecule has 0 aromatic heterocycles. The zero-order valence-corrected chi connectivity index (χ0v) is 12.4. The average molecular weight is 400 g/mol. The minimum absolute atomic E-state index is 0.116. The summed E-state index contributed by atoms with van der Waals surface area (Å²) in [6, 6.07) is 3.81. The summed E-state index contributed by atoms with van der Waals surface area (Å²) < 4.78 is 19.7. The van der Waals surface area contributed by atoms with Gasteiger partial charge in [0.15, 0.2) is 0 Å². The van der Waals surface area contributed by atoms with Gasteiger partial charge in [-0.2, -0.15) is 0 Å². The third-order valence-electron chi connectivity index (χ3n) is 2.61. The number of morpholine rings is 1. The molecule has 16 heavy (non-hydrogen) atoms. The minimum Gasteiger partial charge on any atom is -0.378 e. The highest BCUT2D eigenvalue weighted by molar-refractivity contribution is 14.1. The fourth-order valence-electron chi connectivity index (χ4n) is 1.73. The van der Waals surface area contributed by atoms with Crippen LogP contribution in [0.5, 0.6) is 0 Å². The van der Waals surface area contributed by atoms with Crippen LogP contribution >= 0.6 is 38.5 Å². The number of ether oxygens (including phenoxy) is 1.